The number of halogens is 1. The van der Waals surface area contributed by atoms with Crippen LogP contribution in [0.1, 0.15) is 36.8 Å². The number of hydrogen-bond acceptors (Lipinski definition) is 6. The average Bonchev–Trinajstić information content (AvgIpc) is 3.38. The minimum atomic E-state index is -0.643. The van der Waals surface area contributed by atoms with Crippen molar-refractivity contribution in [2.75, 3.05) is 19.7 Å². The van der Waals surface area contributed by atoms with Crippen molar-refractivity contribution >= 4 is 5.97 Å². The van der Waals surface area contributed by atoms with Gasteiger partial charge in [-0.15, -0.1) is 0 Å². The second-order valence-electron chi connectivity index (χ2n) is 8.52. The monoisotopic (exact) mass is 440 g/mol. The maximum Gasteiger partial charge on any atom is 0.312 e. The second-order valence-corrected chi connectivity index (χ2v) is 8.52. The molecule has 3 heterocycles. The van der Waals surface area contributed by atoms with Crippen LogP contribution < -0.4 is 0 Å². The molecule has 1 aliphatic rings. The van der Waals surface area contributed by atoms with Crippen molar-refractivity contribution in [2.45, 2.75) is 39.7 Å². The van der Waals surface area contributed by atoms with Gasteiger partial charge >= 0.3 is 5.97 Å². The summed E-state index contributed by atoms with van der Waals surface area (Å²) in [5.41, 5.74) is 3.12. The Balaban J connectivity index is 1.48. The average molecular weight is 441 g/mol. The van der Waals surface area contributed by atoms with Crippen molar-refractivity contribution < 1.29 is 18.4 Å². The molecule has 170 valence electrons. The summed E-state index contributed by atoms with van der Waals surface area (Å²) < 4.78 is 26.1. The first-order chi connectivity index (χ1) is 15.4. The first kappa shape index (κ1) is 22.2. The Kier molecular flexibility index (Phi) is 6.41. The number of carbonyl (C=O) groups is 1. The quantitative estimate of drug-likeness (QED) is 0.519. The summed E-state index contributed by atoms with van der Waals surface area (Å²) in [6, 6.07) is 7.94. The van der Waals surface area contributed by atoms with Gasteiger partial charge in [-0.3, -0.25) is 14.4 Å². The molecule has 3 aromatic rings. The summed E-state index contributed by atoms with van der Waals surface area (Å²) in [6.07, 6.45) is 3.70. The van der Waals surface area contributed by atoms with E-state index in [1.165, 1.54) is 17.7 Å². The third-order valence-corrected chi connectivity index (χ3v) is 6.46. The Morgan fingerprint density at radius 3 is 2.59 bits per heavy atom. The minimum absolute atomic E-state index is 0.183. The number of aromatic nitrogens is 3. The molecular weight excluding hydrogens is 411 g/mol. The van der Waals surface area contributed by atoms with E-state index in [9.17, 15) is 9.18 Å². The van der Waals surface area contributed by atoms with Gasteiger partial charge in [0.2, 0.25) is 0 Å². The molecule has 8 heteroatoms. The minimum Gasteiger partial charge on any atom is -0.466 e. The summed E-state index contributed by atoms with van der Waals surface area (Å²) in [6.45, 7) is 6.62. The summed E-state index contributed by atoms with van der Waals surface area (Å²) in [7, 11) is 1.94. The lowest BCUT2D eigenvalue weighted by Gasteiger charge is -2.39. The number of benzene rings is 1. The number of ether oxygens (including phenoxy) is 1. The molecule has 0 N–H and O–H groups in total. The van der Waals surface area contributed by atoms with Crippen molar-refractivity contribution in [3.05, 3.63) is 59.4 Å². The molecule has 0 atom stereocenters. The van der Waals surface area contributed by atoms with Crippen molar-refractivity contribution in [1.82, 2.24) is 19.8 Å². The van der Waals surface area contributed by atoms with Gasteiger partial charge in [-0.1, -0.05) is 5.16 Å². The summed E-state index contributed by atoms with van der Waals surface area (Å²) in [5.74, 6) is 0.151. The van der Waals surface area contributed by atoms with E-state index in [0.717, 1.165) is 30.9 Å². The van der Waals surface area contributed by atoms with E-state index >= 15 is 0 Å². The van der Waals surface area contributed by atoms with E-state index in [0.29, 0.717) is 37.3 Å². The van der Waals surface area contributed by atoms with E-state index in [-0.39, 0.29) is 11.8 Å². The Labute approximate surface area is 187 Å². The number of likely N-dealkylation sites (tertiary alicyclic amines) is 1. The van der Waals surface area contributed by atoms with Crippen LogP contribution in [0, 0.1) is 18.2 Å². The summed E-state index contributed by atoms with van der Waals surface area (Å²) in [5, 5.41) is 8.46. The summed E-state index contributed by atoms with van der Waals surface area (Å²) in [4.78, 5) is 15.4. The summed E-state index contributed by atoms with van der Waals surface area (Å²) >= 11 is 0. The zero-order valence-electron chi connectivity index (χ0n) is 18.8. The molecule has 0 unspecified atom stereocenters. The van der Waals surface area contributed by atoms with Gasteiger partial charge in [0.15, 0.2) is 0 Å². The largest absolute Gasteiger partial charge is 0.466 e. The van der Waals surface area contributed by atoms with E-state index in [1.54, 1.807) is 12.1 Å². The number of hydrogen-bond donors (Lipinski definition) is 0. The molecule has 2 aromatic heterocycles. The molecule has 4 rings (SSSR count). The first-order valence-electron chi connectivity index (χ1n) is 11.0. The van der Waals surface area contributed by atoms with Crippen LogP contribution in [0.3, 0.4) is 0 Å². The van der Waals surface area contributed by atoms with Crippen molar-refractivity contribution in [3.8, 4) is 11.3 Å². The lowest BCUT2D eigenvalue weighted by molar-refractivity contribution is -0.159. The lowest BCUT2D eigenvalue weighted by Crippen LogP contribution is -2.46. The predicted molar refractivity (Wildman–Crippen MR) is 117 cm³/mol. The third-order valence-electron chi connectivity index (χ3n) is 6.46. The molecule has 0 amide bonds. The number of nitrogens with zero attached hydrogens (tertiary/aromatic N) is 4. The van der Waals surface area contributed by atoms with Gasteiger partial charge in [-0.05, 0) is 64.0 Å². The Hall–Kier alpha value is -3.00. The number of carbonyl (C=O) groups excluding carboxylic acids is 1. The maximum absolute atomic E-state index is 13.2. The van der Waals surface area contributed by atoms with E-state index in [4.69, 9.17) is 9.26 Å². The smallest absolute Gasteiger partial charge is 0.312 e. The topological polar surface area (TPSA) is 73.4 Å². The fourth-order valence-corrected chi connectivity index (χ4v) is 4.30. The van der Waals surface area contributed by atoms with Crippen molar-refractivity contribution in [3.63, 3.8) is 0 Å². The van der Waals surface area contributed by atoms with Gasteiger partial charge in [0.1, 0.15) is 17.3 Å². The molecule has 0 bridgehead atoms. The van der Waals surface area contributed by atoms with Crippen LogP contribution in [0.4, 0.5) is 4.39 Å². The fourth-order valence-electron chi connectivity index (χ4n) is 4.30. The van der Waals surface area contributed by atoms with Crippen LogP contribution >= 0.6 is 0 Å². The van der Waals surface area contributed by atoms with E-state index in [1.807, 2.05) is 30.9 Å². The molecule has 1 aromatic carbocycles. The van der Waals surface area contributed by atoms with Gasteiger partial charge in [0.05, 0.1) is 18.2 Å². The van der Waals surface area contributed by atoms with Crippen LogP contribution in [0.5, 0.6) is 0 Å². The Morgan fingerprint density at radius 2 is 1.97 bits per heavy atom. The molecular formula is C24H29FN4O3. The molecule has 0 spiro atoms. The molecule has 0 saturated carbocycles. The highest BCUT2D eigenvalue weighted by molar-refractivity contribution is 5.77. The van der Waals surface area contributed by atoms with Crippen LogP contribution in [0.15, 0.2) is 41.1 Å². The van der Waals surface area contributed by atoms with Crippen LogP contribution in [-0.2, 0) is 29.5 Å². The van der Waals surface area contributed by atoms with E-state index in [2.05, 4.69) is 22.1 Å². The van der Waals surface area contributed by atoms with Gasteiger partial charge < -0.3 is 9.26 Å². The highest BCUT2D eigenvalue weighted by atomic mass is 19.1. The molecule has 1 aliphatic heterocycles. The Morgan fingerprint density at radius 1 is 1.25 bits per heavy atom. The number of rotatable bonds is 7. The number of esters is 1. The number of piperidine rings is 1. The fraction of sp³-hybridized carbons (Fsp3) is 0.458. The van der Waals surface area contributed by atoms with Crippen molar-refractivity contribution in [1.29, 1.82) is 0 Å². The number of aryl methyl sites for hydroxylation is 1. The van der Waals surface area contributed by atoms with Gasteiger partial charge in [-0.25, -0.2) is 4.39 Å². The molecule has 1 fully saturated rings. The molecule has 1 saturated heterocycles. The normalized spacial score (nSPS) is 16.2. The Bertz CT molecular complexity index is 1070. The maximum atomic E-state index is 13.2. The molecule has 7 nitrogen and oxygen atoms in total. The highest BCUT2D eigenvalue weighted by Gasteiger charge is 2.44. The SMILES string of the molecule is CCOC(=O)C1(Cc2cc(-c3ccc(F)cc3)no2)CCN(Cc2cnn(C)c2C)CC1. The van der Waals surface area contributed by atoms with E-state index < -0.39 is 5.41 Å². The molecule has 0 aliphatic carbocycles. The van der Waals surface area contributed by atoms with Crippen molar-refractivity contribution in [2.24, 2.45) is 12.5 Å². The second kappa shape index (κ2) is 9.24. The van der Waals surface area contributed by atoms with Crippen LogP contribution in [-0.4, -0.2) is 45.5 Å². The lowest BCUT2D eigenvalue weighted by atomic mass is 9.74. The van der Waals surface area contributed by atoms with Crippen LogP contribution in [0.2, 0.25) is 0 Å². The van der Waals surface area contributed by atoms with Gasteiger partial charge in [0, 0.05) is 42.9 Å². The zero-order chi connectivity index (χ0) is 22.7. The van der Waals surface area contributed by atoms with Crippen LogP contribution in [0.25, 0.3) is 11.3 Å². The molecule has 0 radical (unpaired) electrons. The van der Waals surface area contributed by atoms with Gasteiger partial charge in [-0.2, -0.15) is 5.10 Å². The standard InChI is InChI=1S/C24H29FN4O3/c1-4-31-23(30)24(9-11-29(12-10-24)16-19-15-26-28(3)17(19)2)14-21-13-22(27-32-21)18-5-7-20(25)8-6-18/h5-8,13,15H,4,9-12,14,16H2,1-3H3. The third kappa shape index (κ3) is 4.60. The molecule has 32 heavy (non-hydrogen) atoms. The van der Waals surface area contributed by atoms with Gasteiger partial charge in [0.25, 0.3) is 0 Å². The highest BCUT2D eigenvalue weighted by Crippen LogP contribution is 2.38. The predicted octanol–water partition coefficient (Wildman–Crippen LogP) is 3.91. The zero-order valence-corrected chi connectivity index (χ0v) is 18.8. The first-order valence-corrected chi connectivity index (χ1v) is 11.0.